The van der Waals surface area contributed by atoms with Crippen LogP contribution >= 0.6 is 0 Å². The first-order valence-electron chi connectivity index (χ1n) is 6.02. The van der Waals surface area contributed by atoms with E-state index in [0.717, 1.165) is 18.5 Å². The van der Waals surface area contributed by atoms with Crippen molar-refractivity contribution in [3.63, 3.8) is 0 Å². The van der Waals surface area contributed by atoms with Crippen LogP contribution in [0.1, 0.15) is 25.5 Å². The number of nitrogens with zero attached hydrogens (tertiary/aromatic N) is 1. The minimum atomic E-state index is 0.335. The molecule has 0 spiro atoms. The molecule has 2 rings (SSSR count). The number of hydrogen-bond donors (Lipinski definition) is 1. The topological polar surface area (TPSA) is 34.2 Å². The largest absolute Gasteiger partial charge is 0.374 e. The zero-order valence-electron chi connectivity index (χ0n) is 10.0. The summed E-state index contributed by atoms with van der Waals surface area (Å²) in [6.07, 6.45) is 5.85. The summed E-state index contributed by atoms with van der Waals surface area (Å²) in [6, 6.07) is 6.43. The average molecular weight is 220 g/mol. The molecule has 0 aromatic carbocycles. The van der Waals surface area contributed by atoms with E-state index in [-0.39, 0.29) is 0 Å². The third-order valence-corrected chi connectivity index (χ3v) is 3.24. The number of rotatable bonds is 4. The fraction of sp³-hybridized carbons (Fsp3) is 0.615. The molecule has 1 aliphatic heterocycles. The highest BCUT2D eigenvalue weighted by molar-refractivity contribution is 5.06. The van der Waals surface area contributed by atoms with Gasteiger partial charge in [0.25, 0.3) is 0 Å². The maximum absolute atomic E-state index is 5.90. The van der Waals surface area contributed by atoms with Crippen molar-refractivity contribution in [1.82, 2.24) is 10.3 Å². The van der Waals surface area contributed by atoms with Gasteiger partial charge in [0, 0.05) is 24.4 Å². The van der Waals surface area contributed by atoms with Gasteiger partial charge in [0.15, 0.2) is 0 Å². The summed E-state index contributed by atoms with van der Waals surface area (Å²) in [7, 11) is 2.00. The fourth-order valence-corrected chi connectivity index (χ4v) is 2.29. The Labute approximate surface area is 97.2 Å². The SMILES string of the molecule is CNC(Cc1ccccn1)C1CCC(C)O1. The predicted octanol–water partition coefficient (Wildman–Crippen LogP) is 1.78. The van der Waals surface area contributed by atoms with Gasteiger partial charge in [-0.05, 0) is 38.9 Å². The molecule has 16 heavy (non-hydrogen) atoms. The smallest absolute Gasteiger partial charge is 0.0736 e. The molecule has 3 heteroatoms. The molecule has 0 amide bonds. The number of pyridine rings is 1. The van der Waals surface area contributed by atoms with Crippen LogP contribution in [0.15, 0.2) is 24.4 Å². The number of aromatic nitrogens is 1. The van der Waals surface area contributed by atoms with Crippen LogP contribution in [-0.2, 0) is 11.2 Å². The third-order valence-electron chi connectivity index (χ3n) is 3.24. The first kappa shape index (κ1) is 11.6. The van der Waals surface area contributed by atoms with Gasteiger partial charge in [-0.3, -0.25) is 4.98 Å². The van der Waals surface area contributed by atoms with Crippen molar-refractivity contribution in [3.8, 4) is 0 Å². The van der Waals surface area contributed by atoms with Gasteiger partial charge >= 0.3 is 0 Å². The van der Waals surface area contributed by atoms with Gasteiger partial charge in [-0.1, -0.05) is 6.07 Å². The number of likely N-dealkylation sites (N-methyl/N-ethyl adjacent to an activating group) is 1. The quantitative estimate of drug-likeness (QED) is 0.840. The highest BCUT2D eigenvalue weighted by Gasteiger charge is 2.28. The van der Waals surface area contributed by atoms with E-state index in [2.05, 4.69) is 23.3 Å². The van der Waals surface area contributed by atoms with Crippen LogP contribution in [0, 0.1) is 0 Å². The minimum Gasteiger partial charge on any atom is -0.374 e. The molecule has 0 saturated carbocycles. The molecule has 1 aliphatic rings. The fourth-order valence-electron chi connectivity index (χ4n) is 2.29. The standard InChI is InChI=1S/C13H20N2O/c1-10-6-7-13(16-10)12(14-2)9-11-5-3-4-8-15-11/h3-5,8,10,12-14H,6-7,9H2,1-2H3. The predicted molar refractivity (Wildman–Crippen MR) is 64.4 cm³/mol. The van der Waals surface area contributed by atoms with Crippen molar-refractivity contribution in [2.75, 3.05) is 7.05 Å². The molecular weight excluding hydrogens is 200 g/mol. The van der Waals surface area contributed by atoms with Gasteiger partial charge in [-0.15, -0.1) is 0 Å². The van der Waals surface area contributed by atoms with Crippen LogP contribution < -0.4 is 5.32 Å². The van der Waals surface area contributed by atoms with Crippen LogP contribution in [-0.4, -0.2) is 30.3 Å². The van der Waals surface area contributed by atoms with Gasteiger partial charge in [0.1, 0.15) is 0 Å². The van der Waals surface area contributed by atoms with Gasteiger partial charge in [0.05, 0.1) is 12.2 Å². The lowest BCUT2D eigenvalue weighted by Crippen LogP contribution is -2.39. The van der Waals surface area contributed by atoms with Crippen molar-refractivity contribution in [3.05, 3.63) is 30.1 Å². The molecule has 3 unspecified atom stereocenters. The van der Waals surface area contributed by atoms with Crippen LogP contribution in [0.2, 0.25) is 0 Å². The first-order valence-corrected chi connectivity index (χ1v) is 6.02. The Bertz CT molecular complexity index is 315. The Morgan fingerprint density at radius 3 is 2.94 bits per heavy atom. The summed E-state index contributed by atoms with van der Waals surface area (Å²) in [5, 5.41) is 3.35. The van der Waals surface area contributed by atoms with E-state index in [1.165, 1.54) is 6.42 Å². The third kappa shape index (κ3) is 2.80. The normalized spacial score (nSPS) is 26.9. The second-order valence-electron chi connectivity index (χ2n) is 4.48. The van der Waals surface area contributed by atoms with Crippen LogP contribution in [0.3, 0.4) is 0 Å². The summed E-state index contributed by atoms with van der Waals surface area (Å²) in [6.45, 7) is 2.15. The van der Waals surface area contributed by atoms with Crippen LogP contribution in [0.25, 0.3) is 0 Å². The molecule has 1 N–H and O–H groups in total. The Hall–Kier alpha value is -0.930. The lowest BCUT2D eigenvalue weighted by molar-refractivity contribution is 0.0335. The molecule has 2 heterocycles. The summed E-state index contributed by atoms with van der Waals surface area (Å²) in [5.41, 5.74) is 1.13. The molecule has 1 aromatic heterocycles. The van der Waals surface area contributed by atoms with Crippen molar-refractivity contribution in [2.24, 2.45) is 0 Å². The van der Waals surface area contributed by atoms with Crippen molar-refractivity contribution < 1.29 is 4.74 Å². The second kappa shape index (κ2) is 5.41. The van der Waals surface area contributed by atoms with E-state index in [1.807, 2.05) is 25.4 Å². The Kier molecular flexibility index (Phi) is 3.91. The van der Waals surface area contributed by atoms with Crippen molar-refractivity contribution >= 4 is 0 Å². The monoisotopic (exact) mass is 220 g/mol. The van der Waals surface area contributed by atoms with Crippen LogP contribution in [0.4, 0.5) is 0 Å². The van der Waals surface area contributed by atoms with E-state index in [4.69, 9.17) is 4.74 Å². The summed E-state index contributed by atoms with van der Waals surface area (Å²) >= 11 is 0. The molecule has 1 fully saturated rings. The Balaban J connectivity index is 1.96. The van der Waals surface area contributed by atoms with Crippen molar-refractivity contribution in [2.45, 2.75) is 44.4 Å². The van der Waals surface area contributed by atoms with E-state index in [9.17, 15) is 0 Å². The maximum atomic E-state index is 5.90. The zero-order valence-corrected chi connectivity index (χ0v) is 10.0. The number of hydrogen-bond acceptors (Lipinski definition) is 3. The van der Waals surface area contributed by atoms with E-state index in [1.54, 1.807) is 0 Å². The van der Waals surface area contributed by atoms with E-state index in [0.29, 0.717) is 18.2 Å². The highest BCUT2D eigenvalue weighted by Crippen LogP contribution is 2.23. The summed E-state index contributed by atoms with van der Waals surface area (Å²) < 4.78 is 5.90. The highest BCUT2D eigenvalue weighted by atomic mass is 16.5. The van der Waals surface area contributed by atoms with E-state index < -0.39 is 0 Å². The van der Waals surface area contributed by atoms with Gasteiger partial charge in [-0.2, -0.15) is 0 Å². The molecule has 1 saturated heterocycles. The Morgan fingerprint density at radius 2 is 2.38 bits per heavy atom. The molecular formula is C13H20N2O. The van der Waals surface area contributed by atoms with Gasteiger partial charge < -0.3 is 10.1 Å². The first-order chi connectivity index (χ1) is 7.79. The second-order valence-corrected chi connectivity index (χ2v) is 4.48. The van der Waals surface area contributed by atoms with Crippen LogP contribution in [0.5, 0.6) is 0 Å². The molecule has 3 atom stereocenters. The van der Waals surface area contributed by atoms with Gasteiger partial charge in [0.2, 0.25) is 0 Å². The molecule has 0 bridgehead atoms. The maximum Gasteiger partial charge on any atom is 0.0736 e. The van der Waals surface area contributed by atoms with Crippen molar-refractivity contribution in [1.29, 1.82) is 0 Å². The molecule has 3 nitrogen and oxygen atoms in total. The lowest BCUT2D eigenvalue weighted by atomic mass is 10.0. The average Bonchev–Trinajstić information content (AvgIpc) is 2.74. The molecule has 0 aliphatic carbocycles. The van der Waals surface area contributed by atoms with E-state index >= 15 is 0 Å². The minimum absolute atomic E-state index is 0.335. The van der Waals surface area contributed by atoms with Gasteiger partial charge in [-0.25, -0.2) is 0 Å². The number of nitrogens with one attached hydrogen (secondary N) is 1. The lowest BCUT2D eigenvalue weighted by Gasteiger charge is -2.22. The Morgan fingerprint density at radius 1 is 1.50 bits per heavy atom. The molecule has 88 valence electrons. The summed E-state index contributed by atoms with van der Waals surface area (Å²) in [4.78, 5) is 4.36. The number of ether oxygens (including phenoxy) is 1. The molecule has 0 radical (unpaired) electrons. The zero-order chi connectivity index (χ0) is 11.4. The summed E-state index contributed by atoms with van der Waals surface area (Å²) in [5.74, 6) is 0. The molecule has 1 aromatic rings.